The van der Waals surface area contributed by atoms with Crippen molar-refractivity contribution in [3.8, 4) is 0 Å². The predicted molar refractivity (Wildman–Crippen MR) is 69.5 cm³/mol. The first kappa shape index (κ1) is 14.4. The Morgan fingerprint density at radius 3 is 2.48 bits per heavy atom. The Morgan fingerprint density at radius 1 is 1.24 bits per heavy atom. The zero-order valence-corrected chi connectivity index (χ0v) is 11.8. The van der Waals surface area contributed by atoms with E-state index in [1.807, 2.05) is 0 Å². The van der Waals surface area contributed by atoms with Gasteiger partial charge >= 0.3 is 0 Å². The molecule has 0 N–H and O–H groups in total. The molecule has 21 heavy (non-hydrogen) atoms. The first-order valence-corrected chi connectivity index (χ1v) is 7.71. The van der Waals surface area contributed by atoms with Crippen molar-refractivity contribution < 1.29 is 26.0 Å². The predicted octanol–water partition coefficient (Wildman–Crippen LogP) is 2.56. The summed E-state index contributed by atoms with van der Waals surface area (Å²) in [6, 6.07) is 3.62. The van der Waals surface area contributed by atoms with Gasteiger partial charge in [0.05, 0.1) is 0 Å². The van der Waals surface area contributed by atoms with Crippen molar-refractivity contribution in [2.24, 2.45) is 0 Å². The number of furan rings is 1. The van der Waals surface area contributed by atoms with Gasteiger partial charge in [0.2, 0.25) is 5.09 Å². The molecule has 2 aromatic rings. The van der Waals surface area contributed by atoms with Gasteiger partial charge in [-0.15, -0.1) is 0 Å². The molecule has 2 heterocycles. The van der Waals surface area contributed by atoms with Gasteiger partial charge in [0, 0.05) is 24.0 Å². The van der Waals surface area contributed by atoms with Crippen LogP contribution in [0.4, 0.5) is 13.2 Å². The summed E-state index contributed by atoms with van der Waals surface area (Å²) in [5.41, 5.74) is 0.433. The largest absolute Gasteiger partial charge is 0.443 e. The van der Waals surface area contributed by atoms with Gasteiger partial charge in [-0.1, -0.05) is 0 Å². The van der Waals surface area contributed by atoms with Gasteiger partial charge in [-0.3, -0.25) is 0 Å². The quantitative estimate of drug-likeness (QED) is 0.855. The van der Waals surface area contributed by atoms with Crippen molar-refractivity contribution in [2.45, 2.75) is 24.4 Å². The molecule has 1 aromatic carbocycles. The van der Waals surface area contributed by atoms with Gasteiger partial charge in [-0.05, 0) is 25.1 Å². The molecule has 114 valence electrons. The zero-order valence-electron chi connectivity index (χ0n) is 11.0. The third-order valence-electron chi connectivity index (χ3n) is 3.58. The molecule has 0 unspecified atom stereocenters. The summed E-state index contributed by atoms with van der Waals surface area (Å²) >= 11 is 0. The van der Waals surface area contributed by atoms with E-state index in [1.54, 1.807) is 0 Å². The van der Waals surface area contributed by atoms with Gasteiger partial charge in [-0.25, -0.2) is 21.6 Å². The molecular formula is C13H12F3NO3S. The summed E-state index contributed by atoms with van der Waals surface area (Å²) in [5.74, 6) is -0.524. The van der Waals surface area contributed by atoms with Gasteiger partial charge in [0.25, 0.3) is 10.0 Å². The number of fused-ring (bicyclic) bond motifs is 1. The van der Waals surface area contributed by atoms with E-state index < -0.39 is 46.4 Å². The number of benzene rings is 1. The number of rotatable bonds is 2. The summed E-state index contributed by atoms with van der Waals surface area (Å²) in [6.45, 7) is 0.372. The van der Waals surface area contributed by atoms with Crippen molar-refractivity contribution in [3.63, 3.8) is 0 Å². The lowest BCUT2D eigenvalue weighted by molar-refractivity contribution is 0.217. The average molecular weight is 319 g/mol. The summed E-state index contributed by atoms with van der Waals surface area (Å²) in [5, 5.41) is -0.0780. The highest BCUT2D eigenvalue weighted by molar-refractivity contribution is 7.89. The smallest absolute Gasteiger partial charge is 0.276 e. The van der Waals surface area contributed by atoms with Gasteiger partial charge in [0.15, 0.2) is 0 Å². The first-order valence-electron chi connectivity index (χ1n) is 6.27. The molecule has 0 radical (unpaired) electrons. The summed E-state index contributed by atoms with van der Waals surface area (Å²) in [4.78, 5) is 0. The molecule has 8 heteroatoms. The van der Waals surface area contributed by atoms with E-state index in [4.69, 9.17) is 4.42 Å². The molecule has 1 saturated heterocycles. The maximum Gasteiger partial charge on any atom is 0.276 e. The molecule has 3 rings (SSSR count). The zero-order chi connectivity index (χ0) is 15.4. The molecule has 2 atom stereocenters. The highest BCUT2D eigenvalue weighted by atomic mass is 32.2. The number of halogens is 3. The minimum Gasteiger partial charge on any atom is -0.443 e. The molecule has 0 aliphatic carbocycles. The second-order valence-electron chi connectivity index (χ2n) is 5.01. The standard InChI is InChI=1S/C13H12F3NO3S/c1-7-9-4-8(14)2-3-12(9)20-13(7)21(18,19)17-5-10(15)11(16)6-17/h2-4,10-11H,5-6H2,1H3/t10-,11+. The Morgan fingerprint density at radius 2 is 1.86 bits per heavy atom. The van der Waals surface area contributed by atoms with Crippen molar-refractivity contribution in [3.05, 3.63) is 29.6 Å². The molecule has 1 aromatic heterocycles. The van der Waals surface area contributed by atoms with Crippen LogP contribution in [0.15, 0.2) is 27.7 Å². The molecule has 0 spiro atoms. The number of hydrogen-bond donors (Lipinski definition) is 0. The van der Waals surface area contributed by atoms with Gasteiger partial charge in [0.1, 0.15) is 23.7 Å². The van der Waals surface area contributed by atoms with Crippen molar-refractivity contribution in [1.82, 2.24) is 4.31 Å². The minimum absolute atomic E-state index is 0.209. The van der Waals surface area contributed by atoms with E-state index in [2.05, 4.69) is 0 Å². The van der Waals surface area contributed by atoms with Crippen LogP contribution < -0.4 is 0 Å². The Hall–Kier alpha value is -1.54. The van der Waals surface area contributed by atoms with E-state index in [1.165, 1.54) is 13.0 Å². The summed E-state index contributed by atoms with van der Waals surface area (Å²) < 4.78 is 70.4. The Bertz CT molecular complexity index is 792. The van der Waals surface area contributed by atoms with Crippen LogP contribution in [0.5, 0.6) is 0 Å². The van der Waals surface area contributed by atoms with E-state index in [0.29, 0.717) is 9.69 Å². The summed E-state index contributed by atoms with van der Waals surface area (Å²) in [6.07, 6.45) is -3.69. The lowest BCUT2D eigenvalue weighted by atomic mass is 10.2. The first-order chi connectivity index (χ1) is 9.80. The molecule has 0 amide bonds. The van der Waals surface area contributed by atoms with Gasteiger partial charge in [-0.2, -0.15) is 4.31 Å². The Labute approximate surface area is 119 Å². The van der Waals surface area contributed by atoms with Crippen LogP contribution in [-0.4, -0.2) is 38.2 Å². The van der Waals surface area contributed by atoms with Crippen LogP contribution in [0.2, 0.25) is 0 Å². The lowest BCUT2D eigenvalue weighted by Crippen LogP contribution is -2.29. The van der Waals surface area contributed by atoms with Crippen LogP contribution >= 0.6 is 0 Å². The third kappa shape index (κ3) is 2.22. The topological polar surface area (TPSA) is 50.5 Å². The lowest BCUT2D eigenvalue weighted by Gasteiger charge is -2.13. The number of nitrogens with zero attached hydrogens (tertiary/aromatic N) is 1. The molecule has 0 saturated carbocycles. The minimum atomic E-state index is -4.15. The highest BCUT2D eigenvalue weighted by Crippen LogP contribution is 2.33. The molecule has 1 fully saturated rings. The van der Waals surface area contributed by atoms with Crippen LogP contribution in [0.25, 0.3) is 11.0 Å². The van der Waals surface area contributed by atoms with E-state index in [0.717, 1.165) is 12.1 Å². The Balaban J connectivity index is 2.09. The van der Waals surface area contributed by atoms with Gasteiger partial charge < -0.3 is 4.42 Å². The average Bonchev–Trinajstić information content (AvgIpc) is 2.92. The highest BCUT2D eigenvalue weighted by Gasteiger charge is 2.42. The van der Waals surface area contributed by atoms with Crippen LogP contribution in [0, 0.1) is 12.7 Å². The molecule has 1 aliphatic heterocycles. The van der Waals surface area contributed by atoms with Crippen LogP contribution in [0.3, 0.4) is 0 Å². The van der Waals surface area contributed by atoms with Crippen LogP contribution in [0.1, 0.15) is 5.56 Å². The van der Waals surface area contributed by atoms with Crippen molar-refractivity contribution in [1.29, 1.82) is 0 Å². The SMILES string of the molecule is Cc1c(S(=O)(=O)N2C[C@@H](F)[C@@H](F)C2)oc2ccc(F)cc12. The monoisotopic (exact) mass is 319 g/mol. The second-order valence-corrected chi connectivity index (χ2v) is 6.85. The van der Waals surface area contributed by atoms with E-state index >= 15 is 0 Å². The summed E-state index contributed by atoms with van der Waals surface area (Å²) in [7, 11) is -4.15. The maximum absolute atomic E-state index is 13.2. The normalized spacial score (nSPS) is 24.0. The number of alkyl halides is 2. The van der Waals surface area contributed by atoms with Crippen molar-refractivity contribution >= 4 is 21.0 Å². The fraction of sp³-hybridized carbons (Fsp3) is 0.385. The molecular weight excluding hydrogens is 307 g/mol. The Kier molecular flexibility index (Phi) is 3.25. The maximum atomic E-state index is 13.2. The molecule has 0 bridgehead atoms. The number of hydrogen-bond acceptors (Lipinski definition) is 3. The van der Waals surface area contributed by atoms with Crippen LogP contribution in [-0.2, 0) is 10.0 Å². The molecule has 4 nitrogen and oxygen atoms in total. The fourth-order valence-corrected chi connectivity index (χ4v) is 4.03. The van der Waals surface area contributed by atoms with Crippen molar-refractivity contribution in [2.75, 3.05) is 13.1 Å². The fourth-order valence-electron chi connectivity index (χ4n) is 2.42. The molecule has 1 aliphatic rings. The van der Waals surface area contributed by atoms with E-state index in [-0.39, 0.29) is 11.1 Å². The number of sulfonamides is 1. The number of aryl methyl sites for hydroxylation is 1. The second kappa shape index (κ2) is 4.74. The van der Waals surface area contributed by atoms with E-state index in [9.17, 15) is 21.6 Å². The third-order valence-corrected chi connectivity index (χ3v) is 5.41.